The fourth-order valence-electron chi connectivity index (χ4n) is 4.41. The molecule has 0 aromatic heterocycles. The van der Waals surface area contributed by atoms with Gasteiger partial charge in [0.05, 0.1) is 12.6 Å². The Balaban J connectivity index is 1.62. The molecule has 2 heterocycles. The van der Waals surface area contributed by atoms with Crippen molar-refractivity contribution in [2.75, 3.05) is 13.7 Å². The largest absolute Gasteiger partial charge is 0.497 e. The Kier molecular flexibility index (Phi) is 4.36. The van der Waals surface area contributed by atoms with Crippen molar-refractivity contribution in [2.45, 2.75) is 18.4 Å². The summed E-state index contributed by atoms with van der Waals surface area (Å²) in [7, 11) is 1.66. The first-order valence-electron chi connectivity index (χ1n) is 9.66. The second-order valence-electron chi connectivity index (χ2n) is 7.49. The summed E-state index contributed by atoms with van der Waals surface area (Å²) in [4.78, 5) is 14.7. The summed E-state index contributed by atoms with van der Waals surface area (Å²) < 4.78 is 12.1. The lowest BCUT2D eigenvalue weighted by molar-refractivity contribution is 0.106. The highest BCUT2D eigenvalue weighted by Crippen LogP contribution is 2.46. The van der Waals surface area contributed by atoms with Crippen molar-refractivity contribution in [2.24, 2.45) is 0 Å². The number of carbonyl (C=O) groups excluding carboxylic acids is 1. The van der Waals surface area contributed by atoms with Gasteiger partial charge in [-0.15, -0.1) is 0 Å². The summed E-state index contributed by atoms with van der Waals surface area (Å²) in [5, 5.41) is 2.16. The Bertz CT molecular complexity index is 1140. The molecule has 4 nitrogen and oxygen atoms in total. The van der Waals surface area contributed by atoms with E-state index < -0.39 is 5.54 Å². The van der Waals surface area contributed by atoms with E-state index >= 15 is 0 Å². The second kappa shape index (κ2) is 6.92. The third kappa shape index (κ3) is 3.01. The van der Waals surface area contributed by atoms with E-state index in [2.05, 4.69) is 40.2 Å². The summed E-state index contributed by atoms with van der Waals surface area (Å²) in [6.45, 7) is 0.705. The quantitative estimate of drug-likeness (QED) is 0.485. The molecular formula is C24H20BrNO3. The highest BCUT2D eigenvalue weighted by molar-refractivity contribution is 9.10. The lowest BCUT2D eigenvalue weighted by atomic mass is 9.85. The fraction of sp³-hybridized carbons (Fsp3) is 0.208. The molecule has 0 N–H and O–H groups in total. The van der Waals surface area contributed by atoms with Gasteiger partial charge >= 0.3 is 6.09 Å². The minimum absolute atomic E-state index is 0.280. The van der Waals surface area contributed by atoms with Gasteiger partial charge in [-0.2, -0.15) is 0 Å². The molecule has 2 aliphatic rings. The smallest absolute Gasteiger partial charge is 0.416 e. The normalized spacial score (nSPS) is 21.0. The van der Waals surface area contributed by atoms with Crippen LogP contribution in [0.2, 0.25) is 0 Å². The van der Waals surface area contributed by atoms with Crippen molar-refractivity contribution in [1.29, 1.82) is 0 Å². The number of rotatable bonds is 3. The van der Waals surface area contributed by atoms with Crippen LogP contribution in [0.1, 0.15) is 24.0 Å². The molecule has 3 aromatic carbocycles. The van der Waals surface area contributed by atoms with E-state index in [4.69, 9.17) is 9.47 Å². The van der Waals surface area contributed by atoms with Crippen LogP contribution in [0.25, 0.3) is 16.5 Å². The van der Waals surface area contributed by atoms with Gasteiger partial charge in [-0.1, -0.05) is 46.3 Å². The second-order valence-corrected chi connectivity index (χ2v) is 8.41. The molecule has 0 radical (unpaired) electrons. The molecule has 0 unspecified atom stereocenters. The van der Waals surface area contributed by atoms with Crippen LogP contribution in [0.15, 0.2) is 71.2 Å². The van der Waals surface area contributed by atoms with Crippen LogP contribution in [0, 0.1) is 0 Å². The molecule has 0 saturated carbocycles. The third-order valence-corrected chi connectivity index (χ3v) is 6.41. The lowest BCUT2D eigenvalue weighted by Crippen LogP contribution is -2.46. The molecule has 29 heavy (non-hydrogen) atoms. The molecule has 3 aromatic rings. The van der Waals surface area contributed by atoms with Crippen molar-refractivity contribution in [3.8, 4) is 5.75 Å². The number of ether oxygens (including phenoxy) is 2. The minimum Gasteiger partial charge on any atom is -0.497 e. The van der Waals surface area contributed by atoms with E-state index in [1.165, 1.54) is 0 Å². The molecule has 2 aliphatic heterocycles. The van der Waals surface area contributed by atoms with E-state index in [0.717, 1.165) is 45.0 Å². The maximum absolute atomic E-state index is 12.9. The molecule has 1 saturated heterocycles. The molecular weight excluding hydrogens is 430 g/mol. The molecule has 5 heteroatoms. The number of halogens is 1. The predicted octanol–water partition coefficient (Wildman–Crippen LogP) is 6.09. The predicted molar refractivity (Wildman–Crippen MR) is 117 cm³/mol. The van der Waals surface area contributed by atoms with Gasteiger partial charge in [0.25, 0.3) is 0 Å². The SMILES string of the molecule is COc1ccc2cc(C3=C[C@]4(c5ccc(Br)cc5)CCCN4C(=O)O3)ccc2c1. The molecule has 1 amide bonds. The van der Waals surface area contributed by atoms with Crippen molar-refractivity contribution in [3.05, 3.63) is 82.3 Å². The number of amides is 1. The Morgan fingerprint density at radius 1 is 1.03 bits per heavy atom. The molecule has 1 atom stereocenters. The molecule has 1 fully saturated rings. The van der Waals surface area contributed by atoms with Gasteiger partial charge in [0.2, 0.25) is 0 Å². The van der Waals surface area contributed by atoms with Gasteiger partial charge in [0.15, 0.2) is 0 Å². The highest BCUT2D eigenvalue weighted by atomic mass is 79.9. The lowest BCUT2D eigenvalue weighted by Gasteiger charge is -2.40. The third-order valence-electron chi connectivity index (χ3n) is 5.88. The maximum Gasteiger partial charge on any atom is 0.416 e. The highest BCUT2D eigenvalue weighted by Gasteiger charge is 2.48. The Hall–Kier alpha value is -2.79. The summed E-state index contributed by atoms with van der Waals surface area (Å²) >= 11 is 3.50. The number of nitrogens with zero attached hydrogens (tertiary/aromatic N) is 1. The molecule has 146 valence electrons. The summed E-state index contributed by atoms with van der Waals surface area (Å²) in [5.41, 5.74) is 1.55. The zero-order chi connectivity index (χ0) is 20.0. The van der Waals surface area contributed by atoms with Gasteiger partial charge in [-0.3, -0.25) is 4.90 Å². The van der Waals surface area contributed by atoms with Crippen LogP contribution < -0.4 is 4.74 Å². The Morgan fingerprint density at radius 2 is 1.79 bits per heavy atom. The summed E-state index contributed by atoms with van der Waals surface area (Å²) in [6, 6.07) is 20.3. The van der Waals surface area contributed by atoms with Crippen LogP contribution in [0.4, 0.5) is 4.79 Å². The van der Waals surface area contributed by atoms with Crippen molar-refractivity contribution in [1.82, 2.24) is 4.90 Å². The summed E-state index contributed by atoms with van der Waals surface area (Å²) in [5.74, 6) is 1.44. The number of carbonyl (C=O) groups is 1. The van der Waals surface area contributed by atoms with Crippen molar-refractivity contribution in [3.63, 3.8) is 0 Å². The average Bonchev–Trinajstić information content (AvgIpc) is 3.19. The first kappa shape index (κ1) is 18.3. The van der Waals surface area contributed by atoms with Crippen molar-refractivity contribution >= 4 is 38.6 Å². The maximum atomic E-state index is 12.9. The van der Waals surface area contributed by atoms with E-state index in [-0.39, 0.29) is 6.09 Å². The summed E-state index contributed by atoms with van der Waals surface area (Å²) in [6.07, 6.45) is 3.68. The standard InChI is InChI=1S/C24H20BrNO3/c1-28-21-10-5-16-13-18(4-3-17(16)14-21)22-15-24(19-6-8-20(25)9-7-19)11-2-12-26(24)23(27)29-22/h3-10,13-15H,2,11-12H2,1H3/t24-/m0/s1. The number of hydrogen-bond acceptors (Lipinski definition) is 3. The fourth-order valence-corrected chi connectivity index (χ4v) is 4.67. The van der Waals surface area contributed by atoms with Crippen LogP contribution in [0.3, 0.4) is 0 Å². The number of benzene rings is 3. The number of fused-ring (bicyclic) bond motifs is 2. The Labute approximate surface area is 177 Å². The van der Waals surface area contributed by atoms with Crippen molar-refractivity contribution < 1.29 is 14.3 Å². The number of cyclic esters (lactones) is 1. The van der Waals surface area contributed by atoms with E-state index in [1.54, 1.807) is 7.11 Å². The van der Waals surface area contributed by atoms with Crippen LogP contribution >= 0.6 is 15.9 Å². The first-order valence-corrected chi connectivity index (χ1v) is 10.4. The van der Waals surface area contributed by atoms with Gasteiger partial charge in [0.1, 0.15) is 11.5 Å². The van der Waals surface area contributed by atoms with Gasteiger partial charge in [-0.25, -0.2) is 4.79 Å². The van der Waals surface area contributed by atoms with E-state index in [9.17, 15) is 4.79 Å². The number of methoxy groups -OCH3 is 1. The zero-order valence-corrected chi connectivity index (χ0v) is 17.6. The van der Waals surface area contributed by atoms with Gasteiger partial charge < -0.3 is 9.47 Å². The zero-order valence-electron chi connectivity index (χ0n) is 16.0. The van der Waals surface area contributed by atoms with Crippen LogP contribution in [-0.2, 0) is 10.3 Å². The van der Waals surface area contributed by atoms with Gasteiger partial charge in [0, 0.05) is 16.6 Å². The minimum atomic E-state index is -0.458. The van der Waals surface area contributed by atoms with E-state index in [0.29, 0.717) is 12.3 Å². The molecule has 0 aliphatic carbocycles. The molecule has 5 rings (SSSR count). The topological polar surface area (TPSA) is 38.8 Å². The average molecular weight is 450 g/mol. The van der Waals surface area contributed by atoms with Crippen LogP contribution in [-0.4, -0.2) is 24.6 Å². The van der Waals surface area contributed by atoms with Crippen LogP contribution in [0.5, 0.6) is 5.75 Å². The molecule has 0 bridgehead atoms. The monoisotopic (exact) mass is 449 g/mol. The van der Waals surface area contributed by atoms with Gasteiger partial charge in [-0.05, 0) is 65.6 Å². The van der Waals surface area contributed by atoms with E-state index in [1.807, 2.05) is 47.4 Å². The Morgan fingerprint density at radius 3 is 2.59 bits per heavy atom. The first-order chi connectivity index (χ1) is 14.1. The number of hydrogen-bond donors (Lipinski definition) is 0. The molecule has 0 spiro atoms.